The molecule has 0 aromatic heterocycles. The van der Waals surface area contributed by atoms with Gasteiger partial charge in [-0.3, -0.25) is 4.79 Å². The van der Waals surface area contributed by atoms with Crippen LogP contribution in [0.3, 0.4) is 0 Å². The lowest BCUT2D eigenvalue weighted by molar-refractivity contribution is -0.192. The molecule has 0 unspecified atom stereocenters. The molecule has 0 bridgehead atoms. The summed E-state index contributed by atoms with van der Waals surface area (Å²) in [7, 11) is -3.80. The van der Waals surface area contributed by atoms with Crippen molar-refractivity contribution in [2.24, 2.45) is 0 Å². The maximum Gasteiger partial charge on any atom is 0.490 e. The maximum absolute atomic E-state index is 13.7. The molecule has 13 heteroatoms. The van der Waals surface area contributed by atoms with E-state index >= 15 is 0 Å². The van der Waals surface area contributed by atoms with Crippen molar-refractivity contribution in [2.45, 2.75) is 44.8 Å². The first-order chi connectivity index (χ1) is 17.6. The second-order valence-corrected chi connectivity index (χ2v) is 11.2. The van der Waals surface area contributed by atoms with Gasteiger partial charge in [0.15, 0.2) is 0 Å². The number of benzene rings is 2. The first kappa shape index (κ1) is 31.5. The molecule has 8 nitrogen and oxygen atoms in total. The van der Waals surface area contributed by atoms with Crippen LogP contribution in [0.25, 0.3) is 0 Å². The van der Waals surface area contributed by atoms with Crippen LogP contribution in [0.1, 0.15) is 28.7 Å². The van der Waals surface area contributed by atoms with Gasteiger partial charge in [0.2, 0.25) is 15.9 Å². The number of carboxylic acids is 1. The predicted molar refractivity (Wildman–Crippen MR) is 137 cm³/mol. The molecule has 0 saturated carbocycles. The van der Waals surface area contributed by atoms with Crippen LogP contribution in [0, 0.1) is 20.8 Å². The van der Waals surface area contributed by atoms with Gasteiger partial charge in [0, 0.05) is 50.7 Å². The van der Waals surface area contributed by atoms with Crippen molar-refractivity contribution in [1.82, 2.24) is 14.5 Å². The first-order valence-electron chi connectivity index (χ1n) is 11.7. The molecule has 2 aromatic carbocycles. The second kappa shape index (κ2) is 13.4. The second-order valence-electron chi connectivity index (χ2n) is 8.85. The average Bonchev–Trinajstić information content (AvgIpc) is 2.84. The van der Waals surface area contributed by atoms with Gasteiger partial charge in [-0.1, -0.05) is 29.8 Å². The molecule has 0 radical (unpaired) electrons. The molecule has 1 aliphatic heterocycles. The largest absolute Gasteiger partial charge is 0.490 e. The minimum atomic E-state index is -5.08. The van der Waals surface area contributed by atoms with Gasteiger partial charge >= 0.3 is 12.1 Å². The Kier molecular flexibility index (Phi) is 11.1. The third-order valence-electron chi connectivity index (χ3n) is 5.94. The van der Waals surface area contributed by atoms with E-state index in [0.29, 0.717) is 23.7 Å². The monoisotopic (exact) mass is 577 g/mol. The van der Waals surface area contributed by atoms with Crippen molar-refractivity contribution in [3.05, 3.63) is 63.7 Å². The van der Waals surface area contributed by atoms with E-state index in [0.717, 1.165) is 29.8 Å². The highest BCUT2D eigenvalue weighted by molar-refractivity contribution is 7.89. The number of piperazine rings is 1. The summed E-state index contributed by atoms with van der Waals surface area (Å²) in [6.07, 6.45) is -4.94. The van der Waals surface area contributed by atoms with Crippen molar-refractivity contribution in [3.8, 4) is 0 Å². The van der Waals surface area contributed by atoms with Gasteiger partial charge in [0.05, 0.1) is 4.90 Å². The van der Waals surface area contributed by atoms with E-state index in [9.17, 15) is 26.4 Å². The van der Waals surface area contributed by atoms with Crippen LogP contribution < -0.4 is 5.32 Å². The van der Waals surface area contributed by atoms with Gasteiger partial charge in [-0.2, -0.15) is 17.5 Å². The molecule has 0 spiro atoms. The number of carbonyl (C=O) groups excluding carboxylic acids is 1. The van der Waals surface area contributed by atoms with E-state index in [4.69, 9.17) is 21.5 Å². The Bertz CT molecular complexity index is 1250. The van der Waals surface area contributed by atoms with Crippen molar-refractivity contribution in [1.29, 1.82) is 0 Å². The average molecular weight is 578 g/mol. The number of alkyl halides is 3. The van der Waals surface area contributed by atoms with Crippen LogP contribution >= 0.6 is 11.6 Å². The molecule has 1 amide bonds. The summed E-state index contributed by atoms with van der Waals surface area (Å²) in [4.78, 5) is 23.7. The molecule has 1 aliphatic rings. The number of carboxylic acid groups (broad SMARTS) is 1. The summed E-state index contributed by atoms with van der Waals surface area (Å²) in [6.45, 7) is 8.77. The Morgan fingerprint density at radius 1 is 1.05 bits per heavy atom. The molecule has 3 rings (SSSR count). The number of nitrogens with zero attached hydrogens (tertiary/aromatic N) is 2. The minimum Gasteiger partial charge on any atom is -0.475 e. The summed E-state index contributed by atoms with van der Waals surface area (Å²) in [6, 6.07) is 10.8. The lowest BCUT2D eigenvalue weighted by Gasteiger charge is -2.29. The molecule has 2 aromatic rings. The van der Waals surface area contributed by atoms with E-state index in [1.165, 1.54) is 4.31 Å². The fourth-order valence-electron chi connectivity index (χ4n) is 3.77. The third-order valence-corrected chi connectivity index (χ3v) is 8.17. The number of carbonyl (C=O) groups is 2. The molecule has 2 N–H and O–H groups in total. The fraction of sp³-hybridized carbons (Fsp3) is 0.440. The van der Waals surface area contributed by atoms with Gasteiger partial charge < -0.3 is 15.3 Å². The van der Waals surface area contributed by atoms with Crippen LogP contribution in [-0.2, 0) is 26.2 Å². The Hall–Kier alpha value is -2.67. The number of aryl methyl sites for hydroxylation is 3. The number of hydrogen-bond acceptors (Lipinski definition) is 5. The van der Waals surface area contributed by atoms with Crippen LogP contribution in [0.4, 0.5) is 13.2 Å². The maximum atomic E-state index is 13.7. The van der Waals surface area contributed by atoms with Crippen molar-refractivity contribution < 1.29 is 36.3 Å². The number of aliphatic carboxylic acids is 1. The zero-order valence-corrected chi connectivity index (χ0v) is 22.9. The van der Waals surface area contributed by atoms with Crippen LogP contribution in [0.2, 0.25) is 5.02 Å². The third kappa shape index (κ3) is 8.97. The summed E-state index contributed by atoms with van der Waals surface area (Å²) < 4.78 is 60.4. The number of rotatable bonds is 7. The molecule has 0 aliphatic carbocycles. The Morgan fingerprint density at radius 3 is 2.18 bits per heavy atom. The Labute approximate surface area is 225 Å². The van der Waals surface area contributed by atoms with Gasteiger partial charge in [-0.05, 0) is 61.2 Å². The smallest absolute Gasteiger partial charge is 0.475 e. The highest BCUT2D eigenvalue weighted by Crippen LogP contribution is 2.26. The lowest BCUT2D eigenvalue weighted by atomic mass is 10.1. The van der Waals surface area contributed by atoms with Crippen LogP contribution in [0.5, 0.6) is 0 Å². The molecule has 38 heavy (non-hydrogen) atoms. The van der Waals surface area contributed by atoms with E-state index in [1.54, 1.807) is 29.2 Å². The van der Waals surface area contributed by atoms with Gasteiger partial charge in [-0.15, -0.1) is 0 Å². The first-order valence-corrected chi connectivity index (χ1v) is 13.6. The van der Waals surface area contributed by atoms with Crippen LogP contribution in [0.15, 0.2) is 41.3 Å². The molecule has 1 fully saturated rings. The van der Waals surface area contributed by atoms with Crippen LogP contribution in [-0.4, -0.2) is 73.5 Å². The Morgan fingerprint density at radius 2 is 1.63 bits per heavy atom. The topological polar surface area (TPSA) is 107 Å². The standard InChI is InChI=1S/C23H30ClN3O3S.C2HF3O2/c1-17-13-19(3)22(14-18(17)2)31(29,30)27(16-20-5-4-6-21(24)15-20)10-7-23(28)26-11-8-25-9-12-26;3-2(4,5)1(6)7/h4-6,13-15,25H,7-12,16H2,1-3H3;(H,6,7). The molecular weight excluding hydrogens is 547 g/mol. The summed E-state index contributed by atoms with van der Waals surface area (Å²) in [5.41, 5.74) is 3.45. The van der Waals surface area contributed by atoms with Crippen molar-refractivity contribution in [2.75, 3.05) is 32.7 Å². The zero-order chi connectivity index (χ0) is 28.7. The molecule has 1 heterocycles. The van der Waals surface area contributed by atoms with E-state index in [-0.39, 0.29) is 30.3 Å². The fourth-order valence-corrected chi connectivity index (χ4v) is 5.70. The highest BCUT2D eigenvalue weighted by Gasteiger charge is 2.38. The number of nitrogens with one attached hydrogen (secondary N) is 1. The number of sulfonamides is 1. The van der Waals surface area contributed by atoms with Crippen molar-refractivity contribution in [3.63, 3.8) is 0 Å². The molecule has 0 atom stereocenters. The molecular formula is C25H31ClF3N3O5S. The number of amides is 1. The quantitative estimate of drug-likeness (QED) is 0.517. The van der Waals surface area contributed by atoms with Gasteiger partial charge in [0.1, 0.15) is 0 Å². The van der Waals surface area contributed by atoms with E-state index in [2.05, 4.69) is 5.32 Å². The Balaban J connectivity index is 0.000000638. The van der Waals surface area contributed by atoms with Gasteiger partial charge in [0.25, 0.3) is 0 Å². The zero-order valence-electron chi connectivity index (χ0n) is 21.3. The molecule has 210 valence electrons. The van der Waals surface area contributed by atoms with E-state index in [1.807, 2.05) is 32.9 Å². The summed E-state index contributed by atoms with van der Waals surface area (Å²) >= 11 is 6.12. The van der Waals surface area contributed by atoms with E-state index < -0.39 is 22.2 Å². The lowest BCUT2D eigenvalue weighted by Crippen LogP contribution is -2.47. The highest BCUT2D eigenvalue weighted by atomic mass is 35.5. The molecule has 1 saturated heterocycles. The SMILES string of the molecule is Cc1cc(C)c(S(=O)(=O)N(CCC(=O)N2CCNCC2)Cc2cccc(Cl)c2)cc1C.O=C(O)C(F)(F)F. The minimum absolute atomic E-state index is 0.0235. The summed E-state index contributed by atoms with van der Waals surface area (Å²) in [5, 5.41) is 10.9. The number of halogens is 4. The van der Waals surface area contributed by atoms with Crippen molar-refractivity contribution >= 4 is 33.5 Å². The van der Waals surface area contributed by atoms with Gasteiger partial charge in [-0.25, -0.2) is 13.2 Å². The summed E-state index contributed by atoms with van der Waals surface area (Å²) in [5.74, 6) is -2.78. The normalized spacial score (nSPS) is 14.2. The number of hydrogen-bond donors (Lipinski definition) is 2. The predicted octanol–water partition coefficient (Wildman–Crippen LogP) is 3.91.